The van der Waals surface area contributed by atoms with Gasteiger partial charge in [-0.25, -0.2) is 4.79 Å². The largest absolute Gasteiger partial charge is 0.370 e. The average Bonchev–Trinajstić information content (AvgIpc) is 2.65. The van der Waals surface area contributed by atoms with Crippen molar-refractivity contribution in [1.29, 1.82) is 0 Å². The van der Waals surface area contributed by atoms with E-state index >= 15 is 0 Å². The number of hydrogen-bond donors (Lipinski definition) is 3. The molecule has 3 amide bonds. The van der Waals surface area contributed by atoms with Gasteiger partial charge in [0.15, 0.2) is 5.78 Å². The third-order valence-electron chi connectivity index (χ3n) is 4.56. The SMILES string of the molecule is CCCCCCNC(=O)N[C@H](CC(N)=O)C(=O)[C@H](C)CCc1ccccc1. The lowest BCUT2D eigenvalue weighted by Gasteiger charge is -2.20. The molecule has 0 saturated carbocycles. The van der Waals surface area contributed by atoms with E-state index in [1.54, 1.807) is 0 Å². The highest BCUT2D eigenvalue weighted by atomic mass is 16.2. The summed E-state index contributed by atoms with van der Waals surface area (Å²) in [6.07, 6.45) is 5.43. The maximum atomic E-state index is 12.7. The Labute approximate surface area is 162 Å². The van der Waals surface area contributed by atoms with Gasteiger partial charge in [-0.05, 0) is 24.8 Å². The molecule has 2 atom stereocenters. The number of nitrogens with one attached hydrogen (secondary N) is 2. The van der Waals surface area contributed by atoms with Crippen LogP contribution in [0.2, 0.25) is 0 Å². The predicted molar refractivity (Wildman–Crippen MR) is 107 cm³/mol. The van der Waals surface area contributed by atoms with Crippen molar-refractivity contribution >= 4 is 17.7 Å². The number of Topliss-reactive ketones (excluding diaryl/α,β-unsaturated/α-hetero) is 1. The Morgan fingerprint density at radius 1 is 1.07 bits per heavy atom. The van der Waals surface area contributed by atoms with Crippen molar-refractivity contribution in [2.24, 2.45) is 11.7 Å². The fraction of sp³-hybridized carbons (Fsp3) is 0.571. The Morgan fingerprint density at radius 3 is 2.41 bits per heavy atom. The van der Waals surface area contributed by atoms with Gasteiger partial charge in [-0.1, -0.05) is 63.4 Å². The van der Waals surface area contributed by atoms with Crippen LogP contribution in [0, 0.1) is 5.92 Å². The molecule has 0 aromatic heterocycles. The number of carbonyl (C=O) groups excluding carboxylic acids is 3. The third-order valence-corrected chi connectivity index (χ3v) is 4.56. The smallest absolute Gasteiger partial charge is 0.315 e. The lowest BCUT2D eigenvalue weighted by Crippen LogP contribution is -2.49. The van der Waals surface area contributed by atoms with Crippen LogP contribution in [0.25, 0.3) is 0 Å². The molecule has 0 aliphatic carbocycles. The number of ketones is 1. The maximum Gasteiger partial charge on any atom is 0.315 e. The molecule has 0 radical (unpaired) electrons. The van der Waals surface area contributed by atoms with Gasteiger partial charge >= 0.3 is 6.03 Å². The van der Waals surface area contributed by atoms with E-state index in [-0.39, 0.29) is 18.1 Å². The van der Waals surface area contributed by atoms with E-state index in [0.29, 0.717) is 13.0 Å². The first-order valence-corrected chi connectivity index (χ1v) is 9.84. The summed E-state index contributed by atoms with van der Waals surface area (Å²) in [5, 5.41) is 5.36. The van der Waals surface area contributed by atoms with E-state index in [1.165, 1.54) is 0 Å². The molecule has 6 heteroatoms. The van der Waals surface area contributed by atoms with Crippen LogP contribution in [0.4, 0.5) is 4.79 Å². The molecule has 0 fully saturated rings. The van der Waals surface area contributed by atoms with Gasteiger partial charge < -0.3 is 16.4 Å². The summed E-state index contributed by atoms with van der Waals surface area (Å²) < 4.78 is 0. The van der Waals surface area contributed by atoms with Crippen LogP contribution in [0.15, 0.2) is 30.3 Å². The van der Waals surface area contributed by atoms with Crippen LogP contribution in [0.1, 0.15) is 57.9 Å². The minimum absolute atomic E-state index is 0.161. The predicted octanol–water partition coefficient (Wildman–Crippen LogP) is 2.95. The van der Waals surface area contributed by atoms with Crippen LogP contribution in [0.3, 0.4) is 0 Å². The number of aryl methyl sites for hydroxylation is 1. The minimum Gasteiger partial charge on any atom is -0.370 e. The Morgan fingerprint density at radius 2 is 1.78 bits per heavy atom. The van der Waals surface area contributed by atoms with E-state index < -0.39 is 18.0 Å². The maximum absolute atomic E-state index is 12.7. The quantitative estimate of drug-likeness (QED) is 0.462. The minimum atomic E-state index is -0.885. The Balaban J connectivity index is 2.51. The second-order valence-corrected chi connectivity index (χ2v) is 7.01. The molecule has 0 bridgehead atoms. The molecule has 1 rings (SSSR count). The summed E-state index contributed by atoms with van der Waals surface area (Å²) >= 11 is 0. The Bertz CT molecular complexity index is 590. The summed E-state index contributed by atoms with van der Waals surface area (Å²) in [6.45, 7) is 4.50. The first-order chi connectivity index (χ1) is 12.9. The number of nitrogens with two attached hydrogens (primary N) is 1. The number of hydrogen-bond acceptors (Lipinski definition) is 3. The Kier molecular flexibility index (Phi) is 10.8. The van der Waals surface area contributed by atoms with E-state index in [4.69, 9.17) is 5.73 Å². The van der Waals surface area contributed by atoms with Gasteiger partial charge in [0.05, 0.1) is 12.5 Å². The van der Waals surface area contributed by atoms with E-state index in [2.05, 4.69) is 17.6 Å². The first-order valence-electron chi connectivity index (χ1n) is 9.84. The molecule has 0 heterocycles. The van der Waals surface area contributed by atoms with Gasteiger partial charge in [-0.15, -0.1) is 0 Å². The molecule has 0 aliphatic rings. The standard InChI is InChI=1S/C21H33N3O3/c1-3-4-5-9-14-23-21(27)24-18(15-19(22)25)20(26)16(2)12-13-17-10-7-6-8-11-17/h6-8,10-11,16,18H,3-5,9,12-15H2,1-2H3,(H2,22,25)(H2,23,24,27)/t16-,18-/m1/s1. The van der Waals surface area contributed by atoms with Crippen molar-refractivity contribution < 1.29 is 14.4 Å². The van der Waals surface area contributed by atoms with E-state index in [0.717, 1.165) is 37.7 Å². The molecule has 1 aromatic rings. The lowest BCUT2D eigenvalue weighted by molar-refractivity contribution is -0.127. The van der Waals surface area contributed by atoms with Crippen LogP contribution in [-0.2, 0) is 16.0 Å². The topological polar surface area (TPSA) is 101 Å². The normalized spacial score (nSPS) is 12.8. The molecular weight excluding hydrogens is 342 g/mol. The van der Waals surface area contributed by atoms with E-state index in [1.807, 2.05) is 37.3 Å². The van der Waals surface area contributed by atoms with Crippen molar-refractivity contribution in [3.8, 4) is 0 Å². The van der Waals surface area contributed by atoms with Gasteiger partial charge in [-0.3, -0.25) is 9.59 Å². The lowest BCUT2D eigenvalue weighted by atomic mass is 9.92. The molecule has 0 unspecified atom stereocenters. The number of rotatable bonds is 13. The average molecular weight is 376 g/mol. The summed E-state index contributed by atoms with van der Waals surface area (Å²) in [5.74, 6) is -1.04. The fourth-order valence-electron chi connectivity index (χ4n) is 2.90. The second-order valence-electron chi connectivity index (χ2n) is 7.01. The van der Waals surface area contributed by atoms with E-state index in [9.17, 15) is 14.4 Å². The highest BCUT2D eigenvalue weighted by Crippen LogP contribution is 2.13. The van der Waals surface area contributed by atoms with Crippen molar-refractivity contribution in [3.05, 3.63) is 35.9 Å². The summed E-state index contributed by atoms with van der Waals surface area (Å²) in [5.41, 5.74) is 6.42. The molecule has 4 N–H and O–H groups in total. The molecule has 27 heavy (non-hydrogen) atoms. The monoisotopic (exact) mass is 375 g/mol. The van der Waals surface area contributed by atoms with Crippen LogP contribution < -0.4 is 16.4 Å². The van der Waals surface area contributed by atoms with Crippen molar-refractivity contribution in [2.45, 2.75) is 64.8 Å². The summed E-state index contributed by atoms with van der Waals surface area (Å²) in [7, 11) is 0. The molecule has 6 nitrogen and oxygen atoms in total. The summed E-state index contributed by atoms with van der Waals surface area (Å²) in [4.78, 5) is 36.1. The van der Waals surface area contributed by atoms with Gasteiger partial charge in [0, 0.05) is 12.5 Å². The molecule has 150 valence electrons. The number of amides is 3. The van der Waals surface area contributed by atoms with Crippen molar-refractivity contribution in [2.75, 3.05) is 6.54 Å². The molecule has 1 aromatic carbocycles. The number of urea groups is 1. The number of unbranched alkanes of at least 4 members (excludes halogenated alkanes) is 3. The van der Waals surface area contributed by atoms with Gasteiger partial charge in [-0.2, -0.15) is 0 Å². The molecular formula is C21H33N3O3. The van der Waals surface area contributed by atoms with Crippen LogP contribution in [-0.4, -0.2) is 30.3 Å². The molecule has 0 spiro atoms. The van der Waals surface area contributed by atoms with Crippen molar-refractivity contribution in [1.82, 2.24) is 10.6 Å². The van der Waals surface area contributed by atoms with Crippen LogP contribution in [0.5, 0.6) is 0 Å². The Hall–Kier alpha value is -2.37. The molecule has 0 aliphatic heterocycles. The highest BCUT2D eigenvalue weighted by molar-refractivity contribution is 5.93. The number of benzene rings is 1. The molecule has 0 saturated heterocycles. The van der Waals surface area contributed by atoms with Crippen LogP contribution >= 0.6 is 0 Å². The summed E-state index contributed by atoms with van der Waals surface area (Å²) in [6, 6.07) is 8.59. The highest BCUT2D eigenvalue weighted by Gasteiger charge is 2.26. The third kappa shape index (κ3) is 9.78. The zero-order chi connectivity index (χ0) is 20.1. The van der Waals surface area contributed by atoms with Crippen molar-refractivity contribution in [3.63, 3.8) is 0 Å². The van der Waals surface area contributed by atoms with Gasteiger partial charge in [0.1, 0.15) is 0 Å². The zero-order valence-corrected chi connectivity index (χ0v) is 16.5. The fourth-order valence-corrected chi connectivity index (χ4v) is 2.90. The zero-order valence-electron chi connectivity index (χ0n) is 16.5. The first kappa shape index (κ1) is 22.7. The number of carbonyl (C=O) groups is 3. The van der Waals surface area contributed by atoms with Gasteiger partial charge in [0.2, 0.25) is 5.91 Å². The second kappa shape index (κ2) is 12.9. The van der Waals surface area contributed by atoms with Gasteiger partial charge in [0.25, 0.3) is 0 Å². The number of primary amides is 1.